The van der Waals surface area contributed by atoms with Gasteiger partial charge in [-0.2, -0.15) is 0 Å². The summed E-state index contributed by atoms with van der Waals surface area (Å²) in [6.45, 7) is 5.13. The minimum Gasteiger partial charge on any atom is -0.396 e. The Kier molecular flexibility index (Phi) is 9.59. The van der Waals surface area contributed by atoms with E-state index in [-0.39, 0.29) is 18.4 Å². The number of hydrogen-bond acceptors (Lipinski definition) is 2. The highest BCUT2D eigenvalue weighted by molar-refractivity contribution is 5.78. The number of aliphatic hydroxyl groups is 1. The van der Waals surface area contributed by atoms with Gasteiger partial charge in [-0.25, -0.2) is 0 Å². The van der Waals surface area contributed by atoms with Gasteiger partial charge in [0, 0.05) is 19.1 Å². The topological polar surface area (TPSA) is 49.3 Å². The van der Waals surface area contributed by atoms with Crippen LogP contribution in [0.25, 0.3) is 0 Å². The average Bonchev–Trinajstić information content (AvgIpc) is 2.23. The first-order valence-electron chi connectivity index (χ1n) is 6.11. The molecule has 0 aliphatic heterocycles. The Morgan fingerprint density at radius 3 is 2.53 bits per heavy atom. The van der Waals surface area contributed by atoms with Crippen LogP contribution in [0.1, 0.15) is 52.4 Å². The Hall–Kier alpha value is -0.570. The van der Waals surface area contributed by atoms with Crippen molar-refractivity contribution in [2.24, 2.45) is 5.92 Å². The van der Waals surface area contributed by atoms with Crippen molar-refractivity contribution in [3.8, 4) is 0 Å². The monoisotopic (exact) mass is 215 g/mol. The third-order valence-corrected chi connectivity index (χ3v) is 2.55. The fourth-order valence-electron chi connectivity index (χ4n) is 1.54. The Balaban J connectivity index is 3.30. The lowest BCUT2D eigenvalue weighted by Crippen LogP contribution is -2.29. The van der Waals surface area contributed by atoms with Gasteiger partial charge in [0.05, 0.1) is 0 Å². The highest BCUT2D eigenvalue weighted by atomic mass is 16.2. The molecular weight excluding hydrogens is 190 g/mol. The maximum absolute atomic E-state index is 11.5. The fraction of sp³-hybridized carbons (Fsp3) is 0.917. The first kappa shape index (κ1) is 14.4. The summed E-state index contributed by atoms with van der Waals surface area (Å²) in [5.41, 5.74) is 0. The summed E-state index contributed by atoms with van der Waals surface area (Å²) >= 11 is 0. The molecular formula is C12H25NO2. The predicted molar refractivity (Wildman–Crippen MR) is 62.6 cm³/mol. The number of nitrogens with one attached hydrogen (secondary N) is 1. The largest absolute Gasteiger partial charge is 0.396 e. The molecule has 0 saturated carbocycles. The van der Waals surface area contributed by atoms with E-state index in [0.717, 1.165) is 45.1 Å². The summed E-state index contributed by atoms with van der Waals surface area (Å²) in [6, 6.07) is 0. The van der Waals surface area contributed by atoms with Gasteiger partial charge in [-0.05, 0) is 19.3 Å². The molecule has 0 spiro atoms. The number of aliphatic hydroxyl groups excluding tert-OH is 1. The summed E-state index contributed by atoms with van der Waals surface area (Å²) in [5, 5.41) is 11.5. The lowest BCUT2D eigenvalue weighted by Gasteiger charge is -2.10. The molecule has 3 nitrogen and oxygen atoms in total. The van der Waals surface area contributed by atoms with Crippen LogP contribution in [0, 0.1) is 5.92 Å². The molecule has 0 saturated heterocycles. The van der Waals surface area contributed by atoms with E-state index < -0.39 is 0 Å². The first-order chi connectivity index (χ1) is 7.22. The molecule has 0 aliphatic rings. The number of amides is 1. The summed E-state index contributed by atoms with van der Waals surface area (Å²) in [7, 11) is 0. The first-order valence-corrected chi connectivity index (χ1v) is 6.11. The number of rotatable bonds is 9. The molecule has 0 fully saturated rings. The van der Waals surface area contributed by atoms with Crippen LogP contribution in [0.4, 0.5) is 0 Å². The minimum absolute atomic E-state index is 0.146. The summed E-state index contributed by atoms with van der Waals surface area (Å²) < 4.78 is 0. The van der Waals surface area contributed by atoms with Crippen molar-refractivity contribution in [1.82, 2.24) is 5.32 Å². The Labute approximate surface area is 93.3 Å². The Morgan fingerprint density at radius 1 is 1.27 bits per heavy atom. The van der Waals surface area contributed by atoms with Crippen LogP contribution in [0.5, 0.6) is 0 Å². The van der Waals surface area contributed by atoms with Crippen LogP contribution in [-0.2, 0) is 4.79 Å². The minimum atomic E-state index is 0.146. The molecule has 1 atom stereocenters. The lowest BCUT2D eigenvalue weighted by atomic mass is 10.1. The second-order valence-corrected chi connectivity index (χ2v) is 4.12. The van der Waals surface area contributed by atoms with Gasteiger partial charge in [0.15, 0.2) is 0 Å². The molecule has 1 amide bonds. The quantitative estimate of drug-likeness (QED) is 0.579. The number of carbonyl (C=O) groups is 1. The SMILES string of the molecule is CCCC(C)C(=O)NCCCCCCO. The Bertz CT molecular complexity index is 160. The van der Waals surface area contributed by atoms with Crippen LogP contribution in [0.3, 0.4) is 0 Å². The zero-order chi connectivity index (χ0) is 11.5. The van der Waals surface area contributed by atoms with Gasteiger partial charge in [0.1, 0.15) is 0 Å². The van der Waals surface area contributed by atoms with Gasteiger partial charge >= 0.3 is 0 Å². The molecule has 90 valence electrons. The molecule has 0 aromatic rings. The molecule has 1 unspecified atom stereocenters. The van der Waals surface area contributed by atoms with Crippen molar-refractivity contribution in [3.05, 3.63) is 0 Å². The molecule has 0 aliphatic carbocycles. The van der Waals surface area contributed by atoms with Gasteiger partial charge < -0.3 is 10.4 Å². The lowest BCUT2D eigenvalue weighted by molar-refractivity contribution is -0.124. The summed E-state index contributed by atoms with van der Waals surface area (Å²) in [6.07, 6.45) is 6.06. The van der Waals surface area contributed by atoms with Gasteiger partial charge in [-0.1, -0.05) is 33.1 Å². The van der Waals surface area contributed by atoms with Gasteiger partial charge in [0.2, 0.25) is 5.91 Å². The van der Waals surface area contributed by atoms with E-state index in [0.29, 0.717) is 0 Å². The molecule has 0 aromatic carbocycles. The number of unbranched alkanes of at least 4 members (excludes halogenated alkanes) is 3. The Morgan fingerprint density at radius 2 is 1.93 bits per heavy atom. The van der Waals surface area contributed by atoms with Crippen LogP contribution < -0.4 is 5.32 Å². The van der Waals surface area contributed by atoms with Crippen molar-refractivity contribution < 1.29 is 9.90 Å². The maximum atomic E-state index is 11.5. The molecule has 0 rings (SSSR count). The molecule has 0 aromatic heterocycles. The predicted octanol–water partition coefficient (Wildman–Crippen LogP) is 2.09. The van der Waals surface area contributed by atoms with E-state index in [1.165, 1.54) is 0 Å². The van der Waals surface area contributed by atoms with Gasteiger partial charge in [0.25, 0.3) is 0 Å². The highest BCUT2D eigenvalue weighted by Gasteiger charge is 2.09. The van der Waals surface area contributed by atoms with Gasteiger partial charge in [-0.15, -0.1) is 0 Å². The van der Waals surface area contributed by atoms with E-state index in [2.05, 4.69) is 12.2 Å². The smallest absolute Gasteiger partial charge is 0.222 e. The average molecular weight is 215 g/mol. The van der Waals surface area contributed by atoms with Crippen molar-refractivity contribution in [2.45, 2.75) is 52.4 Å². The van der Waals surface area contributed by atoms with Gasteiger partial charge in [-0.3, -0.25) is 4.79 Å². The van der Waals surface area contributed by atoms with E-state index in [9.17, 15) is 4.79 Å². The second-order valence-electron chi connectivity index (χ2n) is 4.12. The fourth-order valence-corrected chi connectivity index (χ4v) is 1.54. The molecule has 0 radical (unpaired) electrons. The van der Waals surface area contributed by atoms with Crippen molar-refractivity contribution in [3.63, 3.8) is 0 Å². The molecule has 3 heteroatoms. The standard InChI is InChI=1S/C12H25NO2/c1-3-8-11(2)12(15)13-9-6-4-5-7-10-14/h11,14H,3-10H2,1-2H3,(H,13,15). The van der Waals surface area contributed by atoms with Crippen molar-refractivity contribution >= 4 is 5.91 Å². The summed E-state index contributed by atoms with van der Waals surface area (Å²) in [5.74, 6) is 0.325. The van der Waals surface area contributed by atoms with Crippen molar-refractivity contribution in [2.75, 3.05) is 13.2 Å². The zero-order valence-electron chi connectivity index (χ0n) is 10.1. The van der Waals surface area contributed by atoms with Crippen LogP contribution >= 0.6 is 0 Å². The van der Waals surface area contributed by atoms with E-state index >= 15 is 0 Å². The maximum Gasteiger partial charge on any atom is 0.222 e. The van der Waals surface area contributed by atoms with Crippen molar-refractivity contribution in [1.29, 1.82) is 0 Å². The number of carbonyl (C=O) groups excluding carboxylic acids is 1. The third kappa shape index (κ3) is 8.43. The van der Waals surface area contributed by atoms with Crippen LogP contribution in [-0.4, -0.2) is 24.2 Å². The van der Waals surface area contributed by atoms with E-state index in [4.69, 9.17) is 5.11 Å². The van der Waals surface area contributed by atoms with Crippen LogP contribution in [0.15, 0.2) is 0 Å². The van der Waals surface area contributed by atoms with E-state index in [1.54, 1.807) is 0 Å². The highest BCUT2D eigenvalue weighted by Crippen LogP contribution is 2.04. The van der Waals surface area contributed by atoms with E-state index in [1.807, 2.05) is 6.92 Å². The third-order valence-electron chi connectivity index (χ3n) is 2.55. The summed E-state index contributed by atoms with van der Waals surface area (Å²) in [4.78, 5) is 11.5. The normalized spacial score (nSPS) is 12.5. The van der Waals surface area contributed by atoms with Crippen LogP contribution in [0.2, 0.25) is 0 Å². The molecule has 2 N–H and O–H groups in total. The molecule has 0 heterocycles. The number of hydrogen-bond donors (Lipinski definition) is 2. The molecule has 15 heavy (non-hydrogen) atoms. The zero-order valence-corrected chi connectivity index (χ0v) is 10.1. The molecule has 0 bridgehead atoms. The second kappa shape index (κ2) is 9.97.